The van der Waals surface area contributed by atoms with E-state index in [1.165, 1.54) is 19.3 Å². The van der Waals surface area contributed by atoms with Crippen molar-refractivity contribution >= 4 is 22.4 Å². The van der Waals surface area contributed by atoms with Crippen molar-refractivity contribution in [2.45, 2.75) is 46.2 Å². The summed E-state index contributed by atoms with van der Waals surface area (Å²) < 4.78 is 0. The highest BCUT2D eigenvalue weighted by Crippen LogP contribution is 2.49. The number of nitrogens with zero attached hydrogens (tertiary/aromatic N) is 5. The Morgan fingerprint density at radius 1 is 1.25 bits per heavy atom. The van der Waals surface area contributed by atoms with E-state index in [9.17, 15) is 5.26 Å². The summed E-state index contributed by atoms with van der Waals surface area (Å²) in [6.45, 7) is 8.38. The Hall–Kier alpha value is -3.24. The minimum Gasteiger partial charge on any atom is -0.355 e. The van der Waals surface area contributed by atoms with Crippen LogP contribution in [-0.4, -0.2) is 28.3 Å². The zero-order chi connectivity index (χ0) is 22.5. The number of rotatable bonds is 4. The molecule has 0 bridgehead atoms. The molecule has 7 heteroatoms. The van der Waals surface area contributed by atoms with Crippen LogP contribution in [0, 0.1) is 36.5 Å². The number of nitrogens with two attached hydrogens (primary N) is 1. The molecule has 1 spiro atoms. The molecule has 0 amide bonds. The maximum Gasteiger partial charge on any atom is 0.158 e. The fourth-order valence-electron chi connectivity index (χ4n) is 5.49. The third kappa shape index (κ3) is 3.45. The minimum absolute atomic E-state index is 0.481. The van der Waals surface area contributed by atoms with E-state index in [2.05, 4.69) is 39.5 Å². The van der Waals surface area contributed by atoms with E-state index < -0.39 is 6.17 Å². The number of pyridine rings is 1. The Kier molecular flexibility index (Phi) is 4.98. The van der Waals surface area contributed by atoms with Gasteiger partial charge >= 0.3 is 0 Å². The van der Waals surface area contributed by atoms with Crippen LogP contribution in [0.1, 0.15) is 54.7 Å². The maximum absolute atomic E-state index is 9.34. The van der Waals surface area contributed by atoms with Gasteiger partial charge in [0.1, 0.15) is 12.0 Å². The van der Waals surface area contributed by atoms with Gasteiger partial charge in [-0.1, -0.05) is 25.5 Å². The Bertz CT molecular complexity index is 1220. The lowest BCUT2D eigenvalue weighted by Crippen LogP contribution is -2.55. The number of nitriles is 1. The van der Waals surface area contributed by atoms with Crippen LogP contribution in [0.4, 0.5) is 11.6 Å². The molecule has 1 saturated heterocycles. The average molecular weight is 428 g/mol. The van der Waals surface area contributed by atoms with Crippen molar-refractivity contribution in [3.63, 3.8) is 0 Å². The molecule has 2 aliphatic rings. The van der Waals surface area contributed by atoms with E-state index in [1.54, 1.807) is 6.07 Å². The van der Waals surface area contributed by atoms with Crippen molar-refractivity contribution in [1.82, 2.24) is 15.2 Å². The molecule has 5 rings (SSSR count). The van der Waals surface area contributed by atoms with Crippen LogP contribution in [0.25, 0.3) is 10.8 Å². The SMILES string of the molecule is Cc1c(C#N)cccc1[C@@H](N)Nc1nnc(C)c2cnc(N3CC4(CCC(C)C4)C3)cc12. The van der Waals surface area contributed by atoms with Crippen LogP contribution < -0.4 is 16.0 Å². The number of nitrogens with one attached hydrogen (secondary N) is 1. The molecule has 1 aliphatic carbocycles. The smallest absolute Gasteiger partial charge is 0.158 e. The summed E-state index contributed by atoms with van der Waals surface area (Å²) in [4.78, 5) is 7.11. The zero-order valence-corrected chi connectivity index (χ0v) is 18.9. The normalized spacial score (nSPS) is 20.2. The molecule has 1 saturated carbocycles. The molecule has 2 atom stereocenters. The molecule has 2 fully saturated rings. The van der Waals surface area contributed by atoms with E-state index >= 15 is 0 Å². The Balaban J connectivity index is 1.44. The predicted octanol–water partition coefficient (Wildman–Crippen LogP) is 4.21. The topological polar surface area (TPSA) is 104 Å². The molecule has 1 unspecified atom stereocenters. The summed E-state index contributed by atoms with van der Waals surface area (Å²) in [7, 11) is 0. The first-order chi connectivity index (χ1) is 15.4. The average Bonchev–Trinajstić information content (AvgIpc) is 3.16. The van der Waals surface area contributed by atoms with Crippen LogP contribution >= 0.6 is 0 Å². The molecule has 7 nitrogen and oxygen atoms in total. The van der Waals surface area contributed by atoms with E-state index in [0.29, 0.717) is 16.8 Å². The van der Waals surface area contributed by atoms with Crippen LogP contribution in [0.3, 0.4) is 0 Å². The Morgan fingerprint density at radius 3 is 2.78 bits per heavy atom. The molecular weight excluding hydrogens is 398 g/mol. The molecular formula is C25H29N7. The summed E-state index contributed by atoms with van der Waals surface area (Å²) in [5.41, 5.74) is 10.2. The number of fused-ring (bicyclic) bond motifs is 1. The summed E-state index contributed by atoms with van der Waals surface area (Å²) in [6.07, 6.45) is 5.38. The second-order valence-corrected chi connectivity index (χ2v) is 9.68. The molecule has 164 valence electrons. The van der Waals surface area contributed by atoms with Gasteiger partial charge in [-0.05, 0) is 55.9 Å². The minimum atomic E-state index is -0.507. The van der Waals surface area contributed by atoms with Crippen molar-refractivity contribution in [2.75, 3.05) is 23.3 Å². The maximum atomic E-state index is 9.34. The quantitative estimate of drug-likeness (QED) is 0.601. The monoisotopic (exact) mass is 427 g/mol. The van der Waals surface area contributed by atoms with Crippen LogP contribution in [-0.2, 0) is 0 Å². The first-order valence-electron chi connectivity index (χ1n) is 11.3. The molecule has 0 radical (unpaired) electrons. The number of hydrogen-bond donors (Lipinski definition) is 2. The van der Waals surface area contributed by atoms with Crippen molar-refractivity contribution in [3.8, 4) is 6.07 Å². The fraction of sp³-hybridized carbons (Fsp3) is 0.440. The highest BCUT2D eigenvalue weighted by Gasteiger charge is 2.47. The van der Waals surface area contributed by atoms with Gasteiger partial charge < -0.3 is 16.0 Å². The second-order valence-electron chi connectivity index (χ2n) is 9.68. The number of anilines is 2. The van der Waals surface area contributed by atoms with Crippen molar-refractivity contribution < 1.29 is 0 Å². The van der Waals surface area contributed by atoms with Crippen molar-refractivity contribution in [3.05, 3.63) is 52.8 Å². The molecule has 2 aromatic heterocycles. The van der Waals surface area contributed by atoms with E-state index in [4.69, 9.17) is 10.7 Å². The number of benzene rings is 1. The lowest BCUT2D eigenvalue weighted by atomic mass is 9.77. The van der Waals surface area contributed by atoms with Crippen molar-refractivity contribution in [1.29, 1.82) is 5.26 Å². The summed E-state index contributed by atoms with van der Waals surface area (Å²) in [5.74, 6) is 2.45. The number of aryl methyl sites for hydroxylation is 1. The largest absolute Gasteiger partial charge is 0.355 e. The van der Waals surface area contributed by atoms with Crippen LogP contribution in [0.2, 0.25) is 0 Å². The van der Waals surface area contributed by atoms with Gasteiger partial charge in [0.2, 0.25) is 0 Å². The molecule has 32 heavy (non-hydrogen) atoms. The Labute approximate surface area is 188 Å². The number of aromatic nitrogens is 3. The standard InChI is InChI=1S/C25H29N7/c1-15-7-8-25(10-15)13-32(14-25)22-9-20-21(12-28-22)17(3)30-31-24(20)29-23(27)19-6-4-5-18(11-26)16(19)2/h4-6,9,12,15,23H,7-8,10,13-14,27H2,1-3H3,(H,29,31)/t15?,23-/m0/s1. The van der Waals surface area contributed by atoms with Gasteiger partial charge in [0.05, 0.1) is 17.3 Å². The lowest BCUT2D eigenvalue weighted by molar-refractivity contribution is 0.213. The van der Waals surface area contributed by atoms with Gasteiger partial charge in [-0.3, -0.25) is 0 Å². The number of hydrogen-bond acceptors (Lipinski definition) is 7. The van der Waals surface area contributed by atoms with E-state index in [0.717, 1.165) is 52.4 Å². The molecule has 3 aromatic rings. The van der Waals surface area contributed by atoms with Gasteiger partial charge in [0.25, 0.3) is 0 Å². The third-order valence-electron chi connectivity index (χ3n) is 7.28. The van der Waals surface area contributed by atoms with Gasteiger partial charge in [0, 0.05) is 35.5 Å². The summed E-state index contributed by atoms with van der Waals surface area (Å²) >= 11 is 0. The summed E-state index contributed by atoms with van der Waals surface area (Å²) in [6, 6.07) is 9.92. The van der Waals surface area contributed by atoms with E-state index in [-0.39, 0.29) is 0 Å². The first kappa shape index (κ1) is 20.7. The van der Waals surface area contributed by atoms with Gasteiger partial charge in [-0.25, -0.2) is 4.98 Å². The molecule has 1 aromatic carbocycles. The Morgan fingerprint density at radius 2 is 2.06 bits per heavy atom. The van der Waals surface area contributed by atoms with Crippen molar-refractivity contribution in [2.24, 2.45) is 17.1 Å². The lowest BCUT2D eigenvalue weighted by Gasteiger charge is -2.49. The molecule has 3 N–H and O–H groups in total. The second kappa shape index (κ2) is 7.72. The summed E-state index contributed by atoms with van der Waals surface area (Å²) in [5, 5.41) is 23.3. The molecule has 1 aliphatic heterocycles. The van der Waals surface area contributed by atoms with E-state index in [1.807, 2.05) is 32.2 Å². The third-order valence-corrected chi connectivity index (χ3v) is 7.28. The van der Waals surface area contributed by atoms with Gasteiger partial charge in [-0.15, -0.1) is 5.10 Å². The van der Waals surface area contributed by atoms with Crippen LogP contribution in [0.15, 0.2) is 30.5 Å². The zero-order valence-electron chi connectivity index (χ0n) is 18.9. The highest BCUT2D eigenvalue weighted by molar-refractivity contribution is 5.94. The van der Waals surface area contributed by atoms with Gasteiger partial charge in [0.15, 0.2) is 5.82 Å². The first-order valence-corrected chi connectivity index (χ1v) is 11.3. The predicted molar refractivity (Wildman–Crippen MR) is 126 cm³/mol. The van der Waals surface area contributed by atoms with Gasteiger partial charge in [-0.2, -0.15) is 10.4 Å². The van der Waals surface area contributed by atoms with Crippen LogP contribution in [0.5, 0.6) is 0 Å². The fourth-order valence-corrected chi connectivity index (χ4v) is 5.49. The molecule has 3 heterocycles. The highest BCUT2D eigenvalue weighted by atomic mass is 15.3.